The van der Waals surface area contributed by atoms with Crippen molar-refractivity contribution in [2.45, 2.75) is 47.3 Å². The van der Waals surface area contributed by atoms with Gasteiger partial charge in [-0.25, -0.2) is 9.97 Å². The molecule has 0 unspecified atom stereocenters. The minimum absolute atomic E-state index is 0.00201. The third-order valence-electron chi connectivity index (χ3n) is 2.68. The van der Waals surface area contributed by atoms with Gasteiger partial charge < -0.3 is 10.0 Å². The summed E-state index contributed by atoms with van der Waals surface area (Å²) in [6.07, 6.45) is 1.72. The third-order valence-corrected chi connectivity index (χ3v) is 2.68. The minimum Gasteiger partial charge on any atom is -0.392 e. The maximum Gasteiger partial charge on any atom is 0.225 e. The fourth-order valence-electron chi connectivity index (χ4n) is 1.69. The summed E-state index contributed by atoms with van der Waals surface area (Å²) in [4.78, 5) is 11.0. The fourth-order valence-corrected chi connectivity index (χ4v) is 1.69. The number of aromatic nitrogens is 2. The molecule has 1 aromatic rings. The molecule has 0 aliphatic heterocycles. The van der Waals surface area contributed by atoms with Crippen molar-refractivity contribution in [3.63, 3.8) is 0 Å². The van der Waals surface area contributed by atoms with Gasteiger partial charge in [0.2, 0.25) is 5.95 Å². The number of aryl methyl sites for hydroxylation is 1. The smallest absolute Gasteiger partial charge is 0.225 e. The number of rotatable bonds is 5. The maximum atomic E-state index is 9.11. The van der Waals surface area contributed by atoms with E-state index in [4.69, 9.17) is 5.11 Å². The van der Waals surface area contributed by atoms with Gasteiger partial charge in [-0.3, -0.25) is 0 Å². The molecular formula is C13H23N3O. The molecule has 0 spiro atoms. The van der Waals surface area contributed by atoms with Gasteiger partial charge in [0.25, 0.3) is 0 Å². The van der Waals surface area contributed by atoms with Crippen molar-refractivity contribution in [1.82, 2.24) is 9.97 Å². The predicted molar refractivity (Wildman–Crippen MR) is 70.0 cm³/mol. The molecule has 17 heavy (non-hydrogen) atoms. The lowest BCUT2D eigenvalue weighted by Crippen LogP contribution is -2.35. The van der Waals surface area contributed by atoms with Crippen LogP contribution in [0.25, 0.3) is 0 Å². The monoisotopic (exact) mass is 237 g/mol. The van der Waals surface area contributed by atoms with Crippen LogP contribution in [-0.2, 0) is 6.61 Å². The van der Waals surface area contributed by atoms with Gasteiger partial charge in [0.05, 0.1) is 6.61 Å². The topological polar surface area (TPSA) is 49.2 Å². The van der Waals surface area contributed by atoms with Crippen molar-refractivity contribution in [2.75, 3.05) is 11.4 Å². The van der Waals surface area contributed by atoms with Crippen molar-refractivity contribution < 1.29 is 5.11 Å². The fraction of sp³-hybridized carbons (Fsp3) is 0.692. The van der Waals surface area contributed by atoms with Crippen LogP contribution in [0.1, 0.15) is 39.0 Å². The lowest BCUT2D eigenvalue weighted by molar-refractivity contribution is 0.280. The molecule has 0 aliphatic carbocycles. The SMILES string of the molecule is Cc1nc(N(CC(C)C)C(C)C)ncc1CO. The highest BCUT2D eigenvalue weighted by Crippen LogP contribution is 2.15. The van der Waals surface area contributed by atoms with Crippen LogP contribution in [-0.4, -0.2) is 27.7 Å². The van der Waals surface area contributed by atoms with E-state index in [1.54, 1.807) is 6.20 Å². The van der Waals surface area contributed by atoms with Crippen LogP contribution in [0.4, 0.5) is 5.95 Å². The first kappa shape index (κ1) is 13.9. The molecule has 0 atom stereocenters. The van der Waals surface area contributed by atoms with Crippen molar-refractivity contribution >= 4 is 5.95 Å². The first-order valence-corrected chi connectivity index (χ1v) is 6.15. The Morgan fingerprint density at radius 1 is 1.29 bits per heavy atom. The normalized spacial score (nSPS) is 11.3. The first-order valence-electron chi connectivity index (χ1n) is 6.15. The number of nitrogens with zero attached hydrogens (tertiary/aromatic N) is 3. The number of aliphatic hydroxyl groups excluding tert-OH is 1. The second-order valence-electron chi connectivity index (χ2n) is 5.08. The van der Waals surface area contributed by atoms with Crippen LogP contribution < -0.4 is 4.90 Å². The van der Waals surface area contributed by atoms with Crippen molar-refractivity contribution in [2.24, 2.45) is 5.92 Å². The Morgan fingerprint density at radius 2 is 1.94 bits per heavy atom. The largest absolute Gasteiger partial charge is 0.392 e. The number of hydrogen-bond donors (Lipinski definition) is 1. The Labute approximate surface area is 104 Å². The molecule has 0 saturated heterocycles. The summed E-state index contributed by atoms with van der Waals surface area (Å²) in [5.41, 5.74) is 1.65. The molecule has 0 saturated carbocycles. The quantitative estimate of drug-likeness (QED) is 0.852. The Balaban J connectivity index is 2.98. The average Bonchev–Trinajstić information content (AvgIpc) is 2.25. The highest BCUT2D eigenvalue weighted by molar-refractivity contribution is 5.33. The maximum absolute atomic E-state index is 9.11. The van der Waals surface area contributed by atoms with E-state index in [2.05, 4.69) is 42.6 Å². The van der Waals surface area contributed by atoms with Crippen LogP contribution in [0.15, 0.2) is 6.20 Å². The van der Waals surface area contributed by atoms with Gasteiger partial charge in [-0.05, 0) is 26.7 Å². The molecule has 0 fully saturated rings. The number of hydrogen-bond acceptors (Lipinski definition) is 4. The van der Waals surface area contributed by atoms with Gasteiger partial charge >= 0.3 is 0 Å². The van der Waals surface area contributed by atoms with E-state index in [1.807, 2.05) is 6.92 Å². The summed E-state index contributed by atoms with van der Waals surface area (Å²) in [5.74, 6) is 1.32. The first-order chi connectivity index (χ1) is 7.95. The van der Waals surface area contributed by atoms with Gasteiger partial charge in [0.1, 0.15) is 0 Å². The molecule has 1 heterocycles. The van der Waals surface area contributed by atoms with E-state index in [9.17, 15) is 0 Å². The lowest BCUT2D eigenvalue weighted by atomic mass is 10.2. The van der Waals surface area contributed by atoms with Gasteiger partial charge in [0, 0.05) is 30.0 Å². The summed E-state index contributed by atoms with van der Waals surface area (Å²) in [5, 5.41) is 9.11. The zero-order chi connectivity index (χ0) is 13.0. The van der Waals surface area contributed by atoms with Gasteiger partial charge in [-0.15, -0.1) is 0 Å². The van der Waals surface area contributed by atoms with E-state index in [-0.39, 0.29) is 6.61 Å². The minimum atomic E-state index is -0.00201. The standard InChI is InChI=1S/C13H23N3O/c1-9(2)7-16(10(3)4)13-14-6-12(8-17)11(5)15-13/h6,9-10,17H,7-8H2,1-5H3. The second-order valence-corrected chi connectivity index (χ2v) is 5.08. The van der Waals surface area contributed by atoms with Crippen LogP contribution in [0.3, 0.4) is 0 Å². The van der Waals surface area contributed by atoms with E-state index in [0.29, 0.717) is 12.0 Å². The molecule has 0 amide bonds. The third kappa shape index (κ3) is 3.66. The van der Waals surface area contributed by atoms with E-state index >= 15 is 0 Å². The molecule has 4 nitrogen and oxygen atoms in total. The molecular weight excluding hydrogens is 214 g/mol. The Bertz CT molecular complexity index is 364. The molecule has 0 aromatic carbocycles. The summed E-state index contributed by atoms with van der Waals surface area (Å²) in [6.45, 7) is 11.5. The van der Waals surface area contributed by atoms with Crippen LogP contribution >= 0.6 is 0 Å². The highest BCUT2D eigenvalue weighted by Gasteiger charge is 2.15. The molecule has 0 aliphatic rings. The summed E-state index contributed by atoms with van der Waals surface area (Å²) in [7, 11) is 0. The number of anilines is 1. The Morgan fingerprint density at radius 3 is 2.35 bits per heavy atom. The zero-order valence-corrected chi connectivity index (χ0v) is 11.4. The lowest BCUT2D eigenvalue weighted by Gasteiger charge is -2.28. The van der Waals surface area contributed by atoms with E-state index < -0.39 is 0 Å². The Kier molecular flexibility index (Phi) is 4.87. The predicted octanol–water partition coefficient (Wildman–Crippen LogP) is 2.15. The van der Waals surface area contributed by atoms with Crippen LogP contribution in [0.5, 0.6) is 0 Å². The molecule has 1 aromatic heterocycles. The highest BCUT2D eigenvalue weighted by atomic mass is 16.3. The summed E-state index contributed by atoms with van der Waals surface area (Å²) >= 11 is 0. The van der Waals surface area contributed by atoms with Gasteiger partial charge in [-0.1, -0.05) is 13.8 Å². The molecule has 96 valence electrons. The molecule has 0 radical (unpaired) electrons. The van der Waals surface area contributed by atoms with Crippen LogP contribution in [0, 0.1) is 12.8 Å². The average molecular weight is 237 g/mol. The van der Waals surface area contributed by atoms with Gasteiger partial charge in [-0.2, -0.15) is 0 Å². The molecule has 0 bridgehead atoms. The molecule has 1 rings (SSSR count). The summed E-state index contributed by atoms with van der Waals surface area (Å²) < 4.78 is 0. The van der Waals surface area contributed by atoms with Crippen molar-refractivity contribution in [3.05, 3.63) is 17.5 Å². The summed E-state index contributed by atoms with van der Waals surface area (Å²) in [6, 6.07) is 0.372. The van der Waals surface area contributed by atoms with Gasteiger partial charge in [0.15, 0.2) is 0 Å². The second kappa shape index (κ2) is 5.96. The molecule has 1 N–H and O–H groups in total. The Hall–Kier alpha value is -1.16. The van der Waals surface area contributed by atoms with E-state index in [1.165, 1.54) is 0 Å². The number of aliphatic hydroxyl groups is 1. The van der Waals surface area contributed by atoms with Crippen molar-refractivity contribution in [3.8, 4) is 0 Å². The molecule has 4 heteroatoms. The zero-order valence-electron chi connectivity index (χ0n) is 11.4. The van der Waals surface area contributed by atoms with Crippen molar-refractivity contribution in [1.29, 1.82) is 0 Å². The van der Waals surface area contributed by atoms with Crippen LogP contribution in [0.2, 0.25) is 0 Å². The van der Waals surface area contributed by atoms with E-state index in [0.717, 1.165) is 23.8 Å².